The first-order valence-corrected chi connectivity index (χ1v) is 6.58. The fourth-order valence-corrected chi connectivity index (χ4v) is 2.97. The minimum Gasteiger partial charge on any atom is -0.266 e. The summed E-state index contributed by atoms with van der Waals surface area (Å²) in [5.41, 5.74) is 0.883. The van der Waals surface area contributed by atoms with Gasteiger partial charge in [0.15, 0.2) is 0 Å². The van der Waals surface area contributed by atoms with Crippen molar-refractivity contribution < 1.29 is 0 Å². The van der Waals surface area contributed by atoms with E-state index in [0.29, 0.717) is 0 Å². The Morgan fingerprint density at radius 3 is 2.88 bits per heavy atom. The maximum Gasteiger partial charge on any atom is 0.214 e. The van der Waals surface area contributed by atoms with Crippen LogP contribution in [0.5, 0.6) is 0 Å². The molecule has 2 heterocycles. The van der Waals surface area contributed by atoms with Crippen LogP contribution in [0.3, 0.4) is 0 Å². The molecule has 80 valence electrons. The number of aromatic nitrogens is 2. The molecular weight excluding hydrogens is 262 g/mol. The van der Waals surface area contributed by atoms with E-state index in [1.165, 1.54) is 11.5 Å². The Morgan fingerprint density at radius 2 is 2.06 bits per heavy atom. The first-order valence-electron chi connectivity index (χ1n) is 4.55. The van der Waals surface area contributed by atoms with Crippen LogP contribution in [0.2, 0.25) is 5.02 Å². The Morgan fingerprint density at radius 1 is 1.25 bits per heavy atom. The zero-order valence-electron chi connectivity index (χ0n) is 8.00. The van der Waals surface area contributed by atoms with Crippen LogP contribution in [-0.2, 0) is 0 Å². The average molecular weight is 268 g/mol. The zero-order chi connectivity index (χ0) is 11.0. The minimum atomic E-state index is 0.719. The van der Waals surface area contributed by atoms with Crippen molar-refractivity contribution in [2.24, 2.45) is 4.99 Å². The Balaban J connectivity index is 2.16. The molecule has 0 saturated carbocycles. The number of nitrogens with zero attached hydrogens (tertiary/aromatic N) is 3. The molecule has 3 aromatic rings. The lowest BCUT2D eigenvalue weighted by molar-refractivity contribution is 1.12. The number of benzene rings is 1. The zero-order valence-corrected chi connectivity index (χ0v) is 10.4. The number of hydrogen-bond acceptors (Lipinski definition) is 4. The highest BCUT2D eigenvalue weighted by Gasteiger charge is 1.99. The third kappa shape index (κ3) is 1.77. The monoisotopic (exact) mass is 267 g/mol. The molecule has 3 nitrogen and oxygen atoms in total. The van der Waals surface area contributed by atoms with Gasteiger partial charge in [-0.1, -0.05) is 11.6 Å². The van der Waals surface area contributed by atoms with E-state index >= 15 is 0 Å². The molecular formula is C10H6ClN3S2. The summed E-state index contributed by atoms with van der Waals surface area (Å²) in [7, 11) is 0. The highest BCUT2D eigenvalue weighted by molar-refractivity contribution is 7.16. The maximum absolute atomic E-state index is 5.82. The Hall–Kier alpha value is -1.17. The third-order valence-corrected chi connectivity index (χ3v) is 3.89. The van der Waals surface area contributed by atoms with Crippen molar-refractivity contribution >= 4 is 45.1 Å². The van der Waals surface area contributed by atoms with Crippen LogP contribution < -0.4 is 4.80 Å². The molecule has 1 aromatic carbocycles. The first kappa shape index (κ1) is 10.0. The predicted molar refractivity (Wildman–Crippen MR) is 67.6 cm³/mol. The van der Waals surface area contributed by atoms with E-state index < -0.39 is 0 Å². The van der Waals surface area contributed by atoms with Gasteiger partial charge in [-0.3, -0.25) is 4.40 Å². The van der Waals surface area contributed by atoms with Crippen LogP contribution >= 0.6 is 34.5 Å². The molecule has 0 aliphatic heterocycles. The summed E-state index contributed by atoms with van der Waals surface area (Å²) in [6.07, 6.45) is 1.97. The van der Waals surface area contributed by atoms with Gasteiger partial charge in [-0.15, -0.1) is 11.3 Å². The highest BCUT2D eigenvalue weighted by atomic mass is 35.5. The lowest BCUT2D eigenvalue weighted by Crippen LogP contribution is -2.02. The number of thiazole rings is 1. The van der Waals surface area contributed by atoms with Gasteiger partial charge in [0.25, 0.3) is 0 Å². The van der Waals surface area contributed by atoms with Crippen molar-refractivity contribution in [1.29, 1.82) is 0 Å². The molecule has 0 amide bonds. The standard InChI is InChI=1S/C10H6ClN3S2/c11-7-1-3-8(4-2-7)12-9-14-5-6-15-10(14)13-16-9/h1-6H. The summed E-state index contributed by atoms with van der Waals surface area (Å²) in [4.78, 5) is 6.35. The molecule has 2 aromatic heterocycles. The molecule has 0 N–H and O–H groups in total. The van der Waals surface area contributed by atoms with Crippen molar-refractivity contribution in [1.82, 2.24) is 8.77 Å². The van der Waals surface area contributed by atoms with E-state index in [9.17, 15) is 0 Å². The summed E-state index contributed by atoms with van der Waals surface area (Å²) in [6, 6.07) is 7.44. The van der Waals surface area contributed by atoms with Gasteiger partial charge in [0.2, 0.25) is 9.76 Å². The molecule has 0 bridgehead atoms. The number of hydrogen-bond donors (Lipinski definition) is 0. The molecule has 0 aliphatic rings. The Kier molecular flexibility index (Phi) is 2.51. The normalized spacial score (nSPS) is 12.4. The van der Waals surface area contributed by atoms with E-state index in [1.807, 2.05) is 40.2 Å². The molecule has 0 saturated heterocycles. The van der Waals surface area contributed by atoms with E-state index in [-0.39, 0.29) is 0 Å². The van der Waals surface area contributed by atoms with Gasteiger partial charge in [0, 0.05) is 28.1 Å². The largest absolute Gasteiger partial charge is 0.266 e. The molecule has 0 radical (unpaired) electrons. The first-order chi connectivity index (χ1) is 7.83. The second-order valence-electron chi connectivity index (χ2n) is 3.11. The number of rotatable bonds is 1. The third-order valence-electron chi connectivity index (χ3n) is 2.05. The molecule has 0 fully saturated rings. The van der Waals surface area contributed by atoms with Crippen molar-refractivity contribution in [3.8, 4) is 0 Å². The topological polar surface area (TPSA) is 29.7 Å². The van der Waals surface area contributed by atoms with E-state index in [4.69, 9.17) is 11.6 Å². The molecule has 0 aliphatic carbocycles. The van der Waals surface area contributed by atoms with Gasteiger partial charge in [-0.05, 0) is 24.3 Å². The van der Waals surface area contributed by atoms with Gasteiger partial charge >= 0.3 is 0 Å². The second kappa shape index (κ2) is 4.01. The van der Waals surface area contributed by atoms with Crippen LogP contribution in [0.15, 0.2) is 40.8 Å². The fourth-order valence-electron chi connectivity index (χ4n) is 1.31. The SMILES string of the molecule is Clc1ccc(N=c2snc3sccn23)cc1. The molecule has 3 rings (SSSR count). The predicted octanol–water partition coefficient (Wildman–Crippen LogP) is 3.34. The average Bonchev–Trinajstić information content (AvgIpc) is 2.86. The maximum atomic E-state index is 5.82. The molecule has 16 heavy (non-hydrogen) atoms. The smallest absolute Gasteiger partial charge is 0.214 e. The summed E-state index contributed by atoms with van der Waals surface area (Å²) < 4.78 is 6.27. The lowest BCUT2D eigenvalue weighted by Gasteiger charge is -1.91. The van der Waals surface area contributed by atoms with Crippen molar-refractivity contribution in [2.75, 3.05) is 0 Å². The summed E-state index contributed by atoms with van der Waals surface area (Å²) >= 11 is 8.81. The summed E-state index contributed by atoms with van der Waals surface area (Å²) in [5.74, 6) is 0. The Labute approximate surface area is 104 Å². The highest BCUT2D eigenvalue weighted by Crippen LogP contribution is 2.16. The van der Waals surface area contributed by atoms with Crippen LogP contribution in [-0.4, -0.2) is 8.77 Å². The molecule has 0 spiro atoms. The van der Waals surface area contributed by atoms with Gasteiger partial charge in [-0.2, -0.15) is 4.37 Å². The quantitative estimate of drug-likeness (QED) is 0.665. The van der Waals surface area contributed by atoms with Crippen molar-refractivity contribution in [3.63, 3.8) is 0 Å². The summed E-state index contributed by atoms with van der Waals surface area (Å²) in [5, 5.41) is 2.72. The Bertz CT molecular complexity index is 678. The molecule has 0 unspecified atom stereocenters. The van der Waals surface area contributed by atoms with Crippen LogP contribution in [0.25, 0.3) is 4.96 Å². The molecule has 0 atom stereocenters. The van der Waals surface area contributed by atoms with Crippen LogP contribution in [0.1, 0.15) is 0 Å². The summed E-state index contributed by atoms with van der Waals surface area (Å²) in [6.45, 7) is 0. The van der Waals surface area contributed by atoms with Crippen LogP contribution in [0.4, 0.5) is 5.69 Å². The van der Waals surface area contributed by atoms with Crippen molar-refractivity contribution in [3.05, 3.63) is 45.7 Å². The van der Waals surface area contributed by atoms with Gasteiger partial charge in [0.1, 0.15) is 0 Å². The van der Waals surface area contributed by atoms with E-state index in [1.54, 1.807) is 11.3 Å². The van der Waals surface area contributed by atoms with Gasteiger partial charge in [0.05, 0.1) is 5.69 Å². The van der Waals surface area contributed by atoms with Crippen molar-refractivity contribution in [2.45, 2.75) is 0 Å². The van der Waals surface area contributed by atoms with Gasteiger partial charge in [-0.25, -0.2) is 4.99 Å². The van der Waals surface area contributed by atoms with E-state index in [2.05, 4.69) is 9.37 Å². The van der Waals surface area contributed by atoms with Crippen LogP contribution in [0, 0.1) is 0 Å². The number of fused-ring (bicyclic) bond motifs is 1. The lowest BCUT2D eigenvalue weighted by atomic mass is 10.3. The molecule has 6 heteroatoms. The minimum absolute atomic E-state index is 0.719. The van der Waals surface area contributed by atoms with E-state index in [0.717, 1.165) is 20.5 Å². The number of halogens is 1. The fraction of sp³-hybridized carbons (Fsp3) is 0. The second-order valence-corrected chi connectivity index (χ2v) is 5.15. The van der Waals surface area contributed by atoms with Gasteiger partial charge < -0.3 is 0 Å².